The molecule has 162 valence electrons. The van der Waals surface area contributed by atoms with Crippen LogP contribution in [-0.4, -0.2) is 223 Å². The van der Waals surface area contributed by atoms with Gasteiger partial charge in [0.05, 0.1) is 13.2 Å². The van der Waals surface area contributed by atoms with E-state index in [1.54, 1.807) is 0 Å². The van der Waals surface area contributed by atoms with E-state index in [4.69, 9.17) is 29.1 Å². The molecule has 0 bridgehead atoms. The molecule has 17 heteroatoms. The minimum Gasteiger partial charge on any atom is -0.394 e. The van der Waals surface area contributed by atoms with Crippen LogP contribution in [0.1, 0.15) is 0 Å². The zero-order chi connectivity index (χ0) is 20.5. The Balaban J connectivity index is 0.00000392. The molecule has 0 aromatic rings. The second kappa shape index (κ2) is 13.8. The van der Waals surface area contributed by atoms with E-state index >= 15 is 0 Å². The molecular weight excluding hydrogens is 477 g/mol. The van der Waals surface area contributed by atoms with Gasteiger partial charge in [-0.25, -0.2) is 4.57 Å². The Kier molecular flexibility index (Phi) is 15.2. The third-order valence-electron chi connectivity index (χ3n) is 4.19. The van der Waals surface area contributed by atoms with E-state index in [1.807, 2.05) is 0 Å². The first-order chi connectivity index (χ1) is 12.5. The molecule has 2 radical (unpaired) electrons. The summed E-state index contributed by atoms with van der Waals surface area (Å²) < 4.78 is 30.3. The number of aliphatic hydroxyl groups excluding tert-OH is 7. The molecule has 10 atom stereocenters. The molecule has 2 aliphatic rings. The summed E-state index contributed by atoms with van der Waals surface area (Å²) in [5.74, 6) is 0. The largest absolute Gasteiger partial charge is 0.469 e. The molecule has 0 amide bonds. The van der Waals surface area contributed by atoms with Crippen LogP contribution in [0.4, 0.5) is 0 Å². The van der Waals surface area contributed by atoms with Gasteiger partial charge in [-0.3, -0.25) is 4.52 Å². The van der Waals surface area contributed by atoms with E-state index in [9.17, 15) is 35.2 Å². The second-order valence-electron chi connectivity index (χ2n) is 6.13. The van der Waals surface area contributed by atoms with Crippen LogP contribution in [0.25, 0.3) is 0 Å². The van der Waals surface area contributed by atoms with Crippen molar-refractivity contribution in [2.45, 2.75) is 61.4 Å². The third kappa shape index (κ3) is 8.61. The predicted octanol–water partition coefficient (Wildman–Crippen LogP) is -6.04. The van der Waals surface area contributed by atoms with Crippen LogP contribution in [-0.2, 0) is 23.3 Å². The van der Waals surface area contributed by atoms with Crippen molar-refractivity contribution in [1.82, 2.24) is 0 Å². The van der Waals surface area contributed by atoms with Crippen LogP contribution in [0, 0.1) is 0 Å². The topological polar surface area (TPSA) is 236 Å². The van der Waals surface area contributed by atoms with Crippen molar-refractivity contribution in [3.05, 3.63) is 0 Å². The van der Waals surface area contributed by atoms with Crippen molar-refractivity contribution in [2.75, 3.05) is 13.2 Å². The van der Waals surface area contributed by atoms with Gasteiger partial charge in [0.25, 0.3) is 0 Å². The van der Waals surface area contributed by atoms with Gasteiger partial charge in [-0.05, 0) is 0 Å². The fraction of sp³-hybridized carbons (Fsp3) is 1.00. The van der Waals surface area contributed by atoms with Crippen molar-refractivity contribution in [2.24, 2.45) is 0 Å². The molecule has 14 nitrogen and oxygen atoms in total. The zero-order valence-corrected chi connectivity index (χ0v) is 22.8. The monoisotopic (exact) mass is 500 g/mol. The maximum absolute atomic E-state index is 10.8. The normalized spacial score (nSPS) is 43.2. The quantitative estimate of drug-likeness (QED) is 0.122. The molecule has 2 aliphatic heterocycles. The standard InChI is InChI=1S/C12H23O14P.2K/c13-1-3-5(14)7(16)9(18)11(24-3)26-12-10(19)8(17)6(15)4(25-12)2-23-27(20,21)22;;/h3-19H,1-2H2,(H2,20,21,22);;. The maximum Gasteiger partial charge on any atom is 0.469 e. The molecule has 2 heterocycles. The molecule has 0 saturated carbocycles. The van der Waals surface area contributed by atoms with Crippen LogP contribution >= 0.6 is 7.82 Å². The average molecular weight is 500 g/mol. The Morgan fingerprint density at radius 2 is 1.14 bits per heavy atom. The van der Waals surface area contributed by atoms with Gasteiger partial charge in [0, 0.05) is 103 Å². The third-order valence-corrected chi connectivity index (χ3v) is 4.68. The Bertz CT molecular complexity index is 537. The van der Waals surface area contributed by atoms with Crippen molar-refractivity contribution >= 4 is 111 Å². The Labute approximate surface area is 250 Å². The van der Waals surface area contributed by atoms with Gasteiger partial charge >= 0.3 is 7.82 Å². The smallest absolute Gasteiger partial charge is 0.394 e. The SMILES string of the molecule is O=P(O)(O)OCC1OC(OC2OC(CO)C(O)C(O)C2O)C(O)C(O)C1O.[K].[K]. The van der Waals surface area contributed by atoms with E-state index in [0.717, 1.165) is 0 Å². The summed E-state index contributed by atoms with van der Waals surface area (Å²) in [6, 6.07) is 0. The van der Waals surface area contributed by atoms with Gasteiger partial charge < -0.3 is 59.7 Å². The summed E-state index contributed by atoms with van der Waals surface area (Å²) in [4.78, 5) is 17.4. The molecule has 0 aliphatic carbocycles. The van der Waals surface area contributed by atoms with Crippen molar-refractivity contribution in [1.29, 1.82) is 0 Å². The molecule has 2 fully saturated rings. The van der Waals surface area contributed by atoms with E-state index in [-0.39, 0.29) is 103 Å². The first kappa shape index (κ1) is 32.0. The number of ether oxygens (including phenoxy) is 3. The Hall–Kier alpha value is 2.98. The predicted molar refractivity (Wildman–Crippen MR) is 91.0 cm³/mol. The number of phosphoric acid groups is 1. The number of hydrogen-bond donors (Lipinski definition) is 9. The molecule has 0 aromatic carbocycles. The molecule has 2 saturated heterocycles. The van der Waals surface area contributed by atoms with Crippen LogP contribution in [0.15, 0.2) is 0 Å². The van der Waals surface area contributed by atoms with E-state index in [1.165, 1.54) is 0 Å². The van der Waals surface area contributed by atoms with Crippen molar-refractivity contribution < 1.29 is 68.8 Å². The zero-order valence-electron chi connectivity index (χ0n) is 15.7. The summed E-state index contributed by atoms with van der Waals surface area (Å²) in [6.45, 7) is -1.61. The van der Waals surface area contributed by atoms with Gasteiger partial charge in [-0.1, -0.05) is 0 Å². The fourth-order valence-electron chi connectivity index (χ4n) is 2.65. The first-order valence-corrected chi connectivity index (χ1v) is 9.35. The molecule has 10 unspecified atom stereocenters. The first-order valence-electron chi connectivity index (χ1n) is 7.82. The minimum absolute atomic E-state index is 0. The molecule has 29 heavy (non-hydrogen) atoms. The summed E-state index contributed by atoms with van der Waals surface area (Å²) in [7, 11) is -4.92. The van der Waals surface area contributed by atoms with Gasteiger partial charge in [0.15, 0.2) is 12.6 Å². The second-order valence-corrected chi connectivity index (χ2v) is 7.37. The van der Waals surface area contributed by atoms with E-state index < -0.39 is 82.4 Å². The van der Waals surface area contributed by atoms with Crippen molar-refractivity contribution in [3.63, 3.8) is 0 Å². The summed E-state index contributed by atoms with van der Waals surface area (Å²) in [6.07, 6.45) is -17.1. The van der Waals surface area contributed by atoms with Gasteiger partial charge in [-0.2, -0.15) is 0 Å². The number of aliphatic hydroxyl groups is 7. The van der Waals surface area contributed by atoms with Crippen LogP contribution in [0.3, 0.4) is 0 Å². The molecule has 9 N–H and O–H groups in total. The number of rotatable bonds is 6. The van der Waals surface area contributed by atoms with Crippen molar-refractivity contribution in [3.8, 4) is 0 Å². The summed E-state index contributed by atoms with van der Waals surface area (Å²) in [5, 5.41) is 68.1. The van der Waals surface area contributed by atoms with Gasteiger partial charge in [0.2, 0.25) is 0 Å². The maximum atomic E-state index is 10.8. The Morgan fingerprint density at radius 3 is 1.55 bits per heavy atom. The van der Waals surface area contributed by atoms with Gasteiger partial charge in [-0.15, -0.1) is 0 Å². The van der Waals surface area contributed by atoms with E-state index in [2.05, 4.69) is 4.52 Å². The summed E-state index contributed by atoms with van der Waals surface area (Å²) >= 11 is 0. The van der Waals surface area contributed by atoms with E-state index in [0.29, 0.717) is 0 Å². The molecular formula is C12H23K2O14P. The summed E-state index contributed by atoms with van der Waals surface area (Å²) in [5.41, 5.74) is 0. The molecule has 0 aromatic heterocycles. The molecule has 2 rings (SSSR count). The fourth-order valence-corrected chi connectivity index (χ4v) is 2.99. The van der Waals surface area contributed by atoms with Gasteiger partial charge in [0.1, 0.15) is 48.8 Å². The van der Waals surface area contributed by atoms with Crippen LogP contribution < -0.4 is 0 Å². The van der Waals surface area contributed by atoms with Crippen LogP contribution in [0.2, 0.25) is 0 Å². The minimum atomic E-state index is -4.92. The number of phosphoric ester groups is 1. The average Bonchev–Trinajstić information content (AvgIpc) is 2.60. The Morgan fingerprint density at radius 1 is 0.724 bits per heavy atom. The number of hydrogen-bond acceptors (Lipinski definition) is 12. The van der Waals surface area contributed by atoms with Crippen LogP contribution in [0.5, 0.6) is 0 Å². The molecule has 0 spiro atoms.